The Kier molecular flexibility index (Phi) is 7.93. The van der Waals surface area contributed by atoms with Crippen LogP contribution in [0.4, 0.5) is 5.69 Å². The maximum absolute atomic E-state index is 12.9. The van der Waals surface area contributed by atoms with E-state index in [9.17, 15) is 9.59 Å². The highest BCUT2D eigenvalue weighted by atomic mass is 35.5. The standard InChI is InChI=1S/C28H35Cl2N5O2/c1-3-22-17-34(25-11-10-24(32-26(25)30)27(36)31-21-8-9-21)18(2)16-35(22)23-12-14-33(15-13-23)28(37)19-4-6-20(29)7-5-19/h4-7,10-11,18,21-23H,3,8-9,12-17H2,1-2H3,(H,31,36)/t18-,22+/m1/s1. The zero-order valence-corrected chi connectivity index (χ0v) is 23.0. The van der Waals surface area contributed by atoms with Gasteiger partial charge in [0.25, 0.3) is 11.8 Å². The summed E-state index contributed by atoms with van der Waals surface area (Å²) in [6.45, 7) is 7.76. The number of nitrogens with one attached hydrogen (secondary N) is 1. The number of anilines is 1. The summed E-state index contributed by atoms with van der Waals surface area (Å²) in [6.07, 6.45) is 5.04. The fourth-order valence-corrected chi connectivity index (χ4v) is 6.03. The minimum atomic E-state index is -0.152. The van der Waals surface area contributed by atoms with E-state index in [1.807, 2.05) is 11.0 Å². The third-order valence-electron chi connectivity index (χ3n) is 7.95. The van der Waals surface area contributed by atoms with Crippen molar-refractivity contribution in [1.82, 2.24) is 20.1 Å². The number of carbonyl (C=O) groups excluding carboxylic acids is 2. The van der Waals surface area contributed by atoms with Crippen LogP contribution in [0.15, 0.2) is 36.4 Å². The molecule has 9 heteroatoms. The number of pyridine rings is 1. The van der Waals surface area contributed by atoms with Crippen molar-refractivity contribution in [2.24, 2.45) is 0 Å². The Hall–Kier alpha value is -2.35. The Morgan fingerprint density at radius 3 is 2.32 bits per heavy atom. The number of halogens is 2. The lowest BCUT2D eigenvalue weighted by Crippen LogP contribution is -2.61. The Morgan fingerprint density at radius 1 is 1.00 bits per heavy atom. The van der Waals surface area contributed by atoms with Crippen LogP contribution in [-0.4, -0.2) is 76.9 Å². The van der Waals surface area contributed by atoms with E-state index in [1.165, 1.54) is 0 Å². The van der Waals surface area contributed by atoms with Gasteiger partial charge in [0.05, 0.1) is 5.69 Å². The molecule has 3 heterocycles. The highest BCUT2D eigenvalue weighted by Gasteiger charge is 2.37. The van der Waals surface area contributed by atoms with Crippen LogP contribution in [0.5, 0.6) is 0 Å². The monoisotopic (exact) mass is 543 g/mol. The molecule has 198 valence electrons. The van der Waals surface area contributed by atoms with E-state index >= 15 is 0 Å². The maximum atomic E-state index is 12.9. The number of likely N-dealkylation sites (tertiary alicyclic amines) is 1. The summed E-state index contributed by atoms with van der Waals surface area (Å²) in [4.78, 5) is 36.7. The fraction of sp³-hybridized carbons (Fsp3) is 0.536. The van der Waals surface area contributed by atoms with E-state index in [0.717, 1.165) is 64.0 Å². The maximum Gasteiger partial charge on any atom is 0.270 e. The lowest BCUT2D eigenvalue weighted by molar-refractivity contribution is 0.0436. The summed E-state index contributed by atoms with van der Waals surface area (Å²) < 4.78 is 0. The third-order valence-corrected chi connectivity index (χ3v) is 8.48. The van der Waals surface area contributed by atoms with Crippen LogP contribution in [-0.2, 0) is 0 Å². The van der Waals surface area contributed by atoms with Crippen molar-refractivity contribution in [3.8, 4) is 0 Å². The molecule has 2 saturated heterocycles. The van der Waals surface area contributed by atoms with Crippen molar-refractivity contribution in [1.29, 1.82) is 0 Å². The minimum Gasteiger partial charge on any atom is -0.363 e. The Morgan fingerprint density at radius 2 is 1.70 bits per heavy atom. The highest BCUT2D eigenvalue weighted by molar-refractivity contribution is 6.32. The Bertz CT molecular complexity index is 1130. The number of piperazine rings is 1. The molecule has 1 aromatic heterocycles. The van der Waals surface area contributed by atoms with Crippen LogP contribution >= 0.6 is 23.2 Å². The van der Waals surface area contributed by atoms with Gasteiger partial charge in [-0.2, -0.15) is 0 Å². The number of benzene rings is 1. The lowest BCUT2D eigenvalue weighted by Gasteiger charge is -2.50. The molecule has 1 N–H and O–H groups in total. The van der Waals surface area contributed by atoms with Crippen LogP contribution in [0.3, 0.4) is 0 Å². The van der Waals surface area contributed by atoms with Gasteiger partial charge in [-0.3, -0.25) is 14.5 Å². The van der Waals surface area contributed by atoms with E-state index in [0.29, 0.717) is 33.5 Å². The molecule has 3 aliphatic rings. The molecule has 1 aliphatic carbocycles. The molecule has 2 atom stereocenters. The molecule has 5 rings (SSSR count). The number of piperidine rings is 1. The zero-order valence-electron chi connectivity index (χ0n) is 21.5. The number of amides is 2. The first-order valence-corrected chi connectivity index (χ1v) is 14.1. The quantitative estimate of drug-likeness (QED) is 0.526. The molecule has 37 heavy (non-hydrogen) atoms. The Balaban J connectivity index is 1.21. The number of rotatable bonds is 6. The molecular formula is C28H35Cl2N5O2. The highest BCUT2D eigenvalue weighted by Crippen LogP contribution is 2.33. The zero-order chi connectivity index (χ0) is 26.1. The van der Waals surface area contributed by atoms with Gasteiger partial charge in [0.1, 0.15) is 5.69 Å². The van der Waals surface area contributed by atoms with E-state index in [1.54, 1.807) is 30.3 Å². The van der Waals surface area contributed by atoms with Crippen molar-refractivity contribution in [2.75, 3.05) is 31.1 Å². The first-order chi connectivity index (χ1) is 17.8. The predicted octanol–water partition coefficient (Wildman–Crippen LogP) is 4.87. The van der Waals surface area contributed by atoms with E-state index in [4.69, 9.17) is 23.2 Å². The normalized spacial score (nSPS) is 23.2. The molecule has 0 spiro atoms. The molecule has 1 aromatic carbocycles. The SMILES string of the molecule is CC[C@H]1CN(c2ccc(C(=O)NC3CC3)nc2Cl)[C@H](C)CN1C1CCN(C(=O)c2ccc(Cl)cc2)CC1. The molecule has 2 amide bonds. The first kappa shape index (κ1) is 26.3. The van der Waals surface area contributed by atoms with E-state index in [2.05, 4.69) is 33.9 Å². The molecule has 2 aliphatic heterocycles. The van der Waals surface area contributed by atoms with Crippen molar-refractivity contribution in [3.05, 3.63) is 57.8 Å². The van der Waals surface area contributed by atoms with Crippen LogP contribution in [0.2, 0.25) is 10.2 Å². The molecule has 1 saturated carbocycles. The number of aromatic nitrogens is 1. The van der Waals surface area contributed by atoms with Crippen LogP contribution < -0.4 is 10.2 Å². The minimum absolute atomic E-state index is 0.0803. The fourth-order valence-electron chi connectivity index (χ4n) is 5.64. The van der Waals surface area contributed by atoms with Gasteiger partial charge in [0.2, 0.25) is 0 Å². The topological polar surface area (TPSA) is 68.8 Å². The second-order valence-electron chi connectivity index (χ2n) is 10.5. The van der Waals surface area contributed by atoms with Crippen LogP contribution in [0, 0.1) is 0 Å². The van der Waals surface area contributed by atoms with Gasteiger partial charge in [-0.05, 0) is 75.4 Å². The van der Waals surface area contributed by atoms with Crippen LogP contribution in [0.25, 0.3) is 0 Å². The van der Waals surface area contributed by atoms with Gasteiger partial charge < -0.3 is 15.1 Å². The molecule has 0 radical (unpaired) electrons. The number of hydrogen-bond donors (Lipinski definition) is 1. The second kappa shape index (κ2) is 11.2. The van der Waals surface area contributed by atoms with Gasteiger partial charge >= 0.3 is 0 Å². The number of carbonyl (C=O) groups is 2. The summed E-state index contributed by atoms with van der Waals surface area (Å²) >= 11 is 12.6. The number of hydrogen-bond acceptors (Lipinski definition) is 5. The Labute approximate surface area is 229 Å². The molecule has 2 aromatic rings. The summed E-state index contributed by atoms with van der Waals surface area (Å²) in [5.41, 5.74) is 1.95. The molecular weight excluding hydrogens is 509 g/mol. The smallest absolute Gasteiger partial charge is 0.270 e. The first-order valence-electron chi connectivity index (χ1n) is 13.4. The van der Waals surface area contributed by atoms with Gasteiger partial charge in [0, 0.05) is 60.9 Å². The average Bonchev–Trinajstić information content (AvgIpc) is 3.73. The van der Waals surface area contributed by atoms with Crippen molar-refractivity contribution >= 4 is 40.7 Å². The molecule has 0 unspecified atom stereocenters. The van der Waals surface area contributed by atoms with E-state index in [-0.39, 0.29) is 23.9 Å². The van der Waals surface area contributed by atoms with Gasteiger partial charge in [-0.25, -0.2) is 4.98 Å². The van der Waals surface area contributed by atoms with Crippen molar-refractivity contribution < 1.29 is 9.59 Å². The van der Waals surface area contributed by atoms with Gasteiger partial charge in [-0.1, -0.05) is 30.1 Å². The summed E-state index contributed by atoms with van der Waals surface area (Å²) in [5.74, 6) is -0.0714. The van der Waals surface area contributed by atoms with Crippen LogP contribution in [0.1, 0.15) is 66.8 Å². The average molecular weight is 545 g/mol. The summed E-state index contributed by atoms with van der Waals surface area (Å²) in [6, 6.07) is 12.2. The van der Waals surface area contributed by atoms with Gasteiger partial charge in [0.15, 0.2) is 5.15 Å². The predicted molar refractivity (Wildman–Crippen MR) is 148 cm³/mol. The van der Waals surface area contributed by atoms with Gasteiger partial charge in [-0.15, -0.1) is 0 Å². The van der Waals surface area contributed by atoms with Crippen molar-refractivity contribution in [2.45, 2.75) is 70.1 Å². The summed E-state index contributed by atoms with van der Waals surface area (Å²) in [5, 5.41) is 4.00. The molecule has 7 nitrogen and oxygen atoms in total. The third kappa shape index (κ3) is 5.89. The number of nitrogens with zero attached hydrogens (tertiary/aromatic N) is 4. The van der Waals surface area contributed by atoms with Crippen molar-refractivity contribution in [3.63, 3.8) is 0 Å². The second-order valence-corrected chi connectivity index (χ2v) is 11.3. The molecule has 0 bridgehead atoms. The lowest BCUT2D eigenvalue weighted by atomic mass is 9.95. The largest absolute Gasteiger partial charge is 0.363 e. The van der Waals surface area contributed by atoms with E-state index < -0.39 is 0 Å². The molecule has 3 fully saturated rings. The summed E-state index contributed by atoms with van der Waals surface area (Å²) in [7, 11) is 0.